The van der Waals surface area contributed by atoms with E-state index in [-0.39, 0.29) is 11.8 Å². The van der Waals surface area contributed by atoms with Gasteiger partial charge < -0.3 is 9.80 Å². The van der Waals surface area contributed by atoms with Crippen LogP contribution in [0.5, 0.6) is 0 Å². The number of hydrogen-bond acceptors (Lipinski definition) is 4. The van der Waals surface area contributed by atoms with Crippen LogP contribution >= 0.6 is 0 Å². The zero-order valence-corrected chi connectivity index (χ0v) is 20.1. The summed E-state index contributed by atoms with van der Waals surface area (Å²) in [5.74, 6) is 1.41. The summed E-state index contributed by atoms with van der Waals surface area (Å²) in [6.45, 7) is 9.40. The highest BCUT2D eigenvalue weighted by Gasteiger charge is 2.28. The van der Waals surface area contributed by atoms with Crippen molar-refractivity contribution in [3.8, 4) is 5.69 Å². The van der Waals surface area contributed by atoms with Crippen molar-refractivity contribution in [3.63, 3.8) is 0 Å². The summed E-state index contributed by atoms with van der Waals surface area (Å²) in [6, 6.07) is 15.7. The topological polar surface area (TPSA) is 61.7 Å². The minimum absolute atomic E-state index is 0.0479. The molecule has 0 bridgehead atoms. The van der Waals surface area contributed by atoms with Crippen LogP contribution in [0, 0.1) is 11.8 Å². The number of amides is 2. The number of piperidine rings is 1. The molecule has 3 heterocycles. The Morgan fingerprint density at radius 1 is 0.882 bits per heavy atom. The number of piperazine rings is 1. The van der Waals surface area contributed by atoms with Gasteiger partial charge in [0, 0.05) is 50.5 Å². The van der Waals surface area contributed by atoms with E-state index in [1.54, 1.807) is 0 Å². The molecule has 0 spiro atoms. The molecule has 178 valence electrons. The van der Waals surface area contributed by atoms with Crippen LogP contribution in [0.3, 0.4) is 0 Å². The van der Waals surface area contributed by atoms with E-state index in [0.717, 1.165) is 42.9 Å². The summed E-state index contributed by atoms with van der Waals surface area (Å²) in [4.78, 5) is 36.4. The third-order valence-electron chi connectivity index (χ3n) is 7.09. The summed E-state index contributed by atoms with van der Waals surface area (Å²) in [7, 11) is 0. The van der Waals surface area contributed by atoms with Gasteiger partial charge in [-0.25, -0.2) is 4.98 Å². The van der Waals surface area contributed by atoms with E-state index in [1.165, 1.54) is 6.42 Å². The molecule has 0 radical (unpaired) electrons. The second-order valence-electron chi connectivity index (χ2n) is 9.96. The second-order valence-corrected chi connectivity index (χ2v) is 9.96. The van der Waals surface area contributed by atoms with Crippen LogP contribution in [0.2, 0.25) is 0 Å². The molecule has 5 rings (SSSR count). The molecule has 1 aromatic heterocycles. The number of aromatic nitrogens is 2. The summed E-state index contributed by atoms with van der Waals surface area (Å²) in [6.07, 6.45) is 3.01. The van der Waals surface area contributed by atoms with Gasteiger partial charge in [-0.05, 0) is 54.7 Å². The number of fused-ring (bicyclic) bond motifs is 1. The molecule has 0 unspecified atom stereocenters. The van der Waals surface area contributed by atoms with Crippen molar-refractivity contribution in [3.05, 3.63) is 60.4 Å². The van der Waals surface area contributed by atoms with Gasteiger partial charge in [0.05, 0.1) is 17.6 Å². The van der Waals surface area contributed by atoms with E-state index in [0.29, 0.717) is 37.0 Å². The fourth-order valence-electron chi connectivity index (χ4n) is 5.38. The molecule has 7 nitrogen and oxygen atoms in total. The van der Waals surface area contributed by atoms with Gasteiger partial charge in [0.2, 0.25) is 5.91 Å². The minimum Gasteiger partial charge on any atom is -0.341 e. The molecule has 2 aliphatic heterocycles. The number of rotatable bonds is 4. The van der Waals surface area contributed by atoms with Crippen LogP contribution < -0.4 is 0 Å². The van der Waals surface area contributed by atoms with Gasteiger partial charge in [0.25, 0.3) is 5.91 Å². The van der Waals surface area contributed by atoms with Crippen molar-refractivity contribution in [2.75, 3.05) is 45.8 Å². The number of hydrogen-bond donors (Lipinski definition) is 0. The van der Waals surface area contributed by atoms with Crippen molar-refractivity contribution in [1.29, 1.82) is 0 Å². The number of imidazole rings is 1. The fraction of sp³-hybridized carbons (Fsp3) is 0.444. The van der Waals surface area contributed by atoms with Crippen LogP contribution in [0.15, 0.2) is 54.9 Å². The SMILES string of the molecule is C[C@@H]1C[C@H](C)CN(C(=O)CN2CCN(C(=O)c3ccc(-n4cnc5ccccc54)cc3)CC2)C1. The Hall–Kier alpha value is -3.19. The first-order valence-electron chi connectivity index (χ1n) is 12.3. The van der Waals surface area contributed by atoms with Crippen LogP contribution in [0.1, 0.15) is 30.6 Å². The maximum Gasteiger partial charge on any atom is 0.253 e. The van der Waals surface area contributed by atoms with Crippen molar-refractivity contribution >= 4 is 22.8 Å². The van der Waals surface area contributed by atoms with E-state index >= 15 is 0 Å². The lowest BCUT2D eigenvalue weighted by atomic mass is 9.92. The summed E-state index contributed by atoms with van der Waals surface area (Å²) < 4.78 is 2.03. The largest absolute Gasteiger partial charge is 0.341 e. The highest BCUT2D eigenvalue weighted by molar-refractivity contribution is 5.94. The Labute approximate surface area is 201 Å². The van der Waals surface area contributed by atoms with Gasteiger partial charge in [-0.3, -0.25) is 19.1 Å². The first-order chi connectivity index (χ1) is 16.5. The first kappa shape index (κ1) is 22.6. The second kappa shape index (κ2) is 9.58. The summed E-state index contributed by atoms with van der Waals surface area (Å²) >= 11 is 0. The van der Waals surface area contributed by atoms with Crippen molar-refractivity contribution < 1.29 is 9.59 Å². The highest BCUT2D eigenvalue weighted by Crippen LogP contribution is 2.22. The molecular formula is C27H33N5O2. The van der Waals surface area contributed by atoms with E-state index in [9.17, 15) is 9.59 Å². The predicted octanol–water partition coefficient (Wildman–Crippen LogP) is 3.29. The standard InChI is InChI=1S/C27H33N5O2/c1-20-15-21(2)17-31(16-20)26(33)18-29-11-13-30(14-12-29)27(34)22-7-9-23(10-8-22)32-19-28-24-5-3-4-6-25(24)32/h3-10,19-21H,11-18H2,1-2H3/t20-,21+. The lowest BCUT2D eigenvalue weighted by Gasteiger charge is -2.38. The highest BCUT2D eigenvalue weighted by atomic mass is 16.2. The number of benzene rings is 2. The maximum absolute atomic E-state index is 13.1. The van der Waals surface area contributed by atoms with Crippen LogP contribution in [0.25, 0.3) is 16.7 Å². The van der Waals surface area contributed by atoms with E-state index in [4.69, 9.17) is 0 Å². The van der Waals surface area contributed by atoms with E-state index in [1.807, 2.05) is 69.2 Å². The van der Waals surface area contributed by atoms with Crippen LogP contribution in [-0.4, -0.2) is 81.9 Å². The Morgan fingerprint density at radius 3 is 2.26 bits per heavy atom. The van der Waals surface area contributed by atoms with E-state index < -0.39 is 0 Å². The first-order valence-corrected chi connectivity index (χ1v) is 12.3. The lowest BCUT2D eigenvalue weighted by molar-refractivity contribution is -0.135. The molecule has 2 saturated heterocycles. The number of carbonyl (C=O) groups excluding carboxylic acids is 2. The molecule has 0 aliphatic carbocycles. The summed E-state index contributed by atoms with van der Waals surface area (Å²) in [5.41, 5.74) is 3.66. The fourth-order valence-corrected chi connectivity index (χ4v) is 5.38. The monoisotopic (exact) mass is 459 g/mol. The Kier molecular flexibility index (Phi) is 6.37. The van der Waals surface area contributed by atoms with Crippen LogP contribution in [-0.2, 0) is 4.79 Å². The Morgan fingerprint density at radius 2 is 1.56 bits per heavy atom. The molecule has 2 amide bonds. The third-order valence-corrected chi connectivity index (χ3v) is 7.09. The smallest absolute Gasteiger partial charge is 0.253 e. The molecule has 3 aromatic rings. The molecule has 2 aromatic carbocycles. The number of nitrogens with zero attached hydrogens (tertiary/aromatic N) is 5. The molecular weight excluding hydrogens is 426 g/mol. The number of para-hydroxylation sites is 2. The van der Waals surface area contributed by atoms with Gasteiger partial charge >= 0.3 is 0 Å². The van der Waals surface area contributed by atoms with E-state index in [2.05, 4.69) is 23.7 Å². The predicted molar refractivity (Wildman–Crippen MR) is 133 cm³/mol. The normalized spacial score (nSPS) is 21.7. The lowest BCUT2D eigenvalue weighted by Crippen LogP contribution is -2.53. The van der Waals surface area contributed by atoms with Crippen molar-refractivity contribution in [2.45, 2.75) is 20.3 Å². The zero-order valence-electron chi connectivity index (χ0n) is 20.1. The van der Waals surface area contributed by atoms with Crippen molar-refractivity contribution in [1.82, 2.24) is 24.3 Å². The number of carbonyl (C=O) groups is 2. The average molecular weight is 460 g/mol. The molecule has 2 atom stereocenters. The quantitative estimate of drug-likeness (QED) is 0.601. The average Bonchev–Trinajstić information content (AvgIpc) is 3.28. The van der Waals surface area contributed by atoms with Gasteiger partial charge in [0.1, 0.15) is 6.33 Å². The summed E-state index contributed by atoms with van der Waals surface area (Å²) in [5, 5.41) is 0. The molecule has 0 saturated carbocycles. The molecule has 0 N–H and O–H groups in total. The zero-order chi connectivity index (χ0) is 23.7. The van der Waals surface area contributed by atoms with Gasteiger partial charge in [-0.1, -0.05) is 26.0 Å². The molecule has 34 heavy (non-hydrogen) atoms. The van der Waals surface area contributed by atoms with Crippen molar-refractivity contribution in [2.24, 2.45) is 11.8 Å². The van der Waals surface area contributed by atoms with Crippen LogP contribution in [0.4, 0.5) is 0 Å². The van der Waals surface area contributed by atoms with Gasteiger partial charge in [0.15, 0.2) is 0 Å². The minimum atomic E-state index is 0.0479. The maximum atomic E-state index is 13.1. The Bertz CT molecular complexity index is 1150. The molecule has 7 heteroatoms. The third kappa shape index (κ3) is 4.71. The molecule has 2 fully saturated rings. The molecule has 2 aliphatic rings. The Balaban J connectivity index is 1.16. The van der Waals surface area contributed by atoms with Gasteiger partial charge in [-0.2, -0.15) is 0 Å². The number of likely N-dealkylation sites (tertiary alicyclic amines) is 1. The van der Waals surface area contributed by atoms with Gasteiger partial charge in [-0.15, -0.1) is 0 Å².